The summed E-state index contributed by atoms with van der Waals surface area (Å²) < 4.78 is 4.32. The molecule has 0 aliphatic rings. The number of para-hydroxylation sites is 2. The van der Waals surface area contributed by atoms with Crippen molar-refractivity contribution in [2.45, 2.75) is 39.7 Å². The van der Waals surface area contributed by atoms with Gasteiger partial charge in [-0.2, -0.15) is 5.10 Å². The minimum Gasteiger partial charge on any atom is -0.322 e. The van der Waals surface area contributed by atoms with Gasteiger partial charge in [0.15, 0.2) is 0 Å². The lowest BCUT2D eigenvalue weighted by atomic mass is 10.2. The van der Waals surface area contributed by atoms with Crippen molar-refractivity contribution in [3.05, 3.63) is 47.5 Å². The second-order valence-electron chi connectivity index (χ2n) is 5.46. The molecule has 110 valence electrons. The maximum absolute atomic E-state index is 4.79. The first-order valence-electron chi connectivity index (χ1n) is 7.68. The Balaban J connectivity index is 2.05. The summed E-state index contributed by atoms with van der Waals surface area (Å²) in [5, 5.41) is 4.55. The molecular weight excluding hydrogens is 260 g/mol. The standard InChI is InChI=1S/C17H22N4/c1-4-8-17-18-15-9-6-7-10-16(15)21(17)12-14-11-13(5-2)19-20(14)3/h6-7,9-11H,4-5,8,12H2,1-3H3. The van der Waals surface area contributed by atoms with Crippen molar-refractivity contribution in [1.29, 1.82) is 0 Å². The van der Waals surface area contributed by atoms with Gasteiger partial charge in [0, 0.05) is 13.5 Å². The molecule has 0 N–H and O–H groups in total. The number of rotatable bonds is 5. The van der Waals surface area contributed by atoms with Crippen LogP contribution >= 0.6 is 0 Å². The molecule has 0 atom stereocenters. The van der Waals surface area contributed by atoms with Gasteiger partial charge in [0.2, 0.25) is 0 Å². The number of hydrogen-bond donors (Lipinski definition) is 0. The predicted molar refractivity (Wildman–Crippen MR) is 85.4 cm³/mol. The summed E-state index contributed by atoms with van der Waals surface area (Å²) in [6, 6.07) is 10.6. The van der Waals surface area contributed by atoms with Gasteiger partial charge in [-0.3, -0.25) is 4.68 Å². The lowest BCUT2D eigenvalue weighted by Crippen LogP contribution is -2.08. The van der Waals surface area contributed by atoms with Crippen LogP contribution in [-0.4, -0.2) is 19.3 Å². The molecule has 2 aromatic heterocycles. The Bertz CT molecular complexity index is 751. The summed E-state index contributed by atoms with van der Waals surface area (Å²) in [7, 11) is 2.02. The third-order valence-corrected chi connectivity index (χ3v) is 3.92. The molecule has 0 spiro atoms. The molecule has 0 unspecified atom stereocenters. The van der Waals surface area contributed by atoms with Crippen molar-refractivity contribution in [3.8, 4) is 0 Å². The molecule has 3 rings (SSSR count). The molecule has 3 aromatic rings. The van der Waals surface area contributed by atoms with Crippen molar-refractivity contribution in [3.63, 3.8) is 0 Å². The lowest BCUT2D eigenvalue weighted by Gasteiger charge is -2.09. The van der Waals surface area contributed by atoms with Crippen LogP contribution in [0.4, 0.5) is 0 Å². The van der Waals surface area contributed by atoms with Gasteiger partial charge in [-0.15, -0.1) is 0 Å². The van der Waals surface area contributed by atoms with E-state index in [1.54, 1.807) is 0 Å². The van der Waals surface area contributed by atoms with E-state index >= 15 is 0 Å². The molecule has 21 heavy (non-hydrogen) atoms. The number of aryl methyl sites for hydroxylation is 3. The second kappa shape index (κ2) is 5.72. The van der Waals surface area contributed by atoms with E-state index in [4.69, 9.17) is 4.98 Å². The zero-order chi connectivity index (χ0) is 14.8. The first kappa shape index (κ1) is 13.9. The molecule has 1 aromatic carbocycles. The monoisotopic (exact) mass is 282 g/mol. The summed E-state index contributed by atoms with van der Waals surface area (Å²) in [5.74, 6) is 1.16. The van der Waals surface area contributed by atoms with Crippen LogP contribution in [-0.2, 0) is 26.4 Å². The summed E-state index contributed by atoms with van der Waals surface area (Å²) >= 11 is 0. The SMILES string of the molecule is CCCc1nc2ccccc2n1Cc1cc(CC)nn1C. The van der Waals surface area contributed by atoms with Gasteiger partial charge in [-0.05, 0) is 31.0 Å². The first-order chi connectivity index (χ1) is 10.2. The molecule has 0 aliphatic heterocycles. The Morgan fingerprint density at radius 2 is 1.95 bits per heavy atom. The average Bonchev–Trinajstić information content (AvgIpc) is 3.02. The van der Waals surface area contributed by atoms with Gasteiger partial charge in [0.25, 0.3) is 0 Å². The molecule has 0 fully saturated rings. The molecule has 0 saturated carbocycles. The van der Waals surface area contributed by atoms with Crippen molar-refractivity contribution < 1.29 is 0 Å². The van der Waals surface area contributed by atoms with E-state index in [2.05, 4.69) is 53.8 Å². The van der Waals surface area contributed by atoms with Crippen LogP contribution in [0.1, 0.15) is 37.5 Å². The highest BCUT2D eigenvalue weighted by molar-refractivity contribution is 5.76. The Labute approximate surface area is 125 Å². The van der Waals surface area contributed by atoms with E-state index < -0.39 is 0 Å². The predicted octanol–water partition coefficient (Wildman–Crippen LogP) is 3.33. The first-order valence-corrected chi connectivity index (χ1v) is 7.68. The van der Waals surface area contributed by atoms with E-state index in [1.165, 1.54) is 11.2 Å². The van der Waals surface area contributed by atoms with Crippen molar-refractivity contribution in [1.82, 2.24) is 19.3 Å². The number of fused-ring (bicyclic) bond motifs is 1. The van der Waals surface area contributed by atoms with Crippen LogP contribution in [0.2, 0.25) is 0 Å². The van der Waals surface area contributed by atoms with Gasteiger partial charge in [0.05, 0.1) is 29.0 Å². The molecule has 4 nitrogen and oxygen atoms in total. The van der Waals surface area contributed by atoms with Gasteiger partial charge in [0.1, 0.15) is 5.82 Å². The Morgan fingerprint density at radius 3 is 2.67 bits per heavy atom. The van der Waals surface area contributed by atoms with Gasteiger partial charge in [-0.1, -0.05) is 26.0 Å². The smallest absolute Gasteiger partial charge is 0.110 e. The molecular formula is C17H22N4. The normalized spacial score (nSPS) is 11.4. The third kappa shape index (κ3) is 2.58. The highest BCUT2D eigenvalue weighted by Crippen LogP contribution is 2.19. The number of nitrogens with zero attached hydrogens (tertiary/aromatic N) is 4. The molecule has 0 aliphatic carbocycles. The summed E-state index contributed by atoms with van der Waals surface area (Å²) in [4.78, 5) is 4.79. The average molecular weight is 282 g/mol. The molecule has 0 amide bonds. The van der Waals surface area contributed by atoms with E-state index in [0.717, 1.165) is 42.8 Å². The second-order valence-corrected chi connectivity index (χ2v) is 5.46. The van der Waals surface area contributed by atoms with Crippen molar-refractivity contribution >= 4 is 11.0 Å². The van der Waals surface area contributed by atoms with Crippen molar-refractivity contribution in [2.24, 2.45) is 7.05 Å². The van der Waals surface area contributed by atoms with Gasteiger partial charge in [-0.25, -0.2) is 4.98 Å². The summed E-state index contributed by atoms with van der Waals surface area (Å²) in [6.07, 6.45) is 3.09. The Kier molecular flexibility index (Phi) is 3.78. The molecule has 2 heterocycles. The molecule has 0 saturated heterocycles. The molecule has 4 heteroatoms. The maximum atomic E-state index is 4.79. The minimum atomic E-state index is 0.833. The van der Waals surface area contributed by atoms with Gasteiger partial charge >= 0.3 is 0 Å². The summed E-state index contributed by atoms with van der Waals surface area (Å²) in [6.45, 7) is 5.17. The highest BCUT2D eigenvalue weighted by atomic mass is 15.3. The largest absolute Gasteiger partial charge is 0.322 e. The van der Waals surface area contributed by atoms with Crippen LogP contribution in [0.3, 0.4) is 0 Å². The fourth-order valence-electron chi connectivity index (χ4n) is 2.77. The van der Waals surface area contributed by atoms with Crippen molar-refractivity contribution in [2.75, 3.05) is 0 Å². The fourth-order valence-corrected chi connectivity index (χ4v) is 2.77. The highest BCUT2D eigenvalue weighted by Gasteiger charge is 2.12. The topological polar surface area (TPSA) is 35.6 Å². The number of imidazole rings is 1. The maximum Gasteiger partial charge on any atom is 0.110 e. The minimum absolute atomic E-state index is 0.833. The Hall–Kier alpha value is -2.10. The molecule has 0 radical (unpaired) electrons. The van der Waals surface area contributed by atoms with Crippen LogP contribution in [0.15, 0.2) is 30.3 Å². The van der Waals surface area contributed by atoms with E-state index in [9.17, 15) is 0 Å². The number of benzene rings is 1. The zero-order valence-electron chi connectivity index (χ0n) is 13.0. The quantitative estimate of drug-likeness (QED) is 0.719. The number of hydrogen-bond acceptors (Lipinski definition) is 2. The van der Waals surface area contributed by atoms with Crippen LogP contribution in [0.5, 0.6) is 0 Å². The van der Waals surface area contributed by atoms with E-state index in [1.807, 2.05) is 11.7 Å². The molecule has 0 bridgehead atoms. The van der Waals surface area contributed by atoms with Gasteiger partial charge < -0.3 is 4.57 Å². The van der Waals surface area contributed by atoms with E-state index in [0.29, 0.717) is 0 Å². The number of aromatic nitrogens is 4. The zero-order valence-corrected chi connectivity index (χ0v) is 13.0. The van der Waals surface area contributed by atoms with Crippen LogP contribution in [0.25, 0.3) is 11.0 Å². The van der Waals surface area contributed by atoms with Crippen LogP contribution < -0.4 is 0 Å². The lowest BCUT2D eigenvalue weighted by molar-refractivity contribution is 0.645. The fraction of sp³-hybridized carbons (Fsp3) is 0.412. The van der Waals surface area contributed by atoms with Crippen LogP contribution in [0, 0.1) is 0 Å². The third-order valence-electron chi connectivity index (χ3n) is 3.92. The Morgan fingerprint density at radius 1 is 1.14 bits per heavy atom. The summed E-state index contributed by atoms with van der Waals surface area (Å²) in [5.41, 5.74) is 4.67. The van der Waals surface area contributed by atoms with E-state index in [-0.39, 0.29) is 0 Å².